The molecule has 2 aromatic carbocycles. The molecule has 5 nitrogen and oxygen atoms in total. The summed E-state index contributed by atoms with van der Waals surface area (Å²) < 4.78 is 38.4. The van der Waals surface area contributed by atoms with Gasteiger partial charge in [-0.15, -0.1) is 0 Å². The second kappa shape index (κ2) is 6.24. The molecule has 126 valence electrons. The highest BCUT2D eigenvalue weighted by molar-refractivity contribution is 7.92. The molecule has 0 aliphatic heterocycles. The normalized spacial score (nSPS) is 19.6. The van der Waals surface area contributed by atoms with E-state index in [0.29, 0.717) is 23.4 Å². The number of rotatable bonds is 5. The van der Waals surface area contributed by atoms with Gasteiger partial charge in [0.05, 0.1) is 6.26 Å². The topological polar surface area (TPSA) is 75.3 Å². The molecule has 1 fully saturated rings. The molecule has 0 aromatic heterocycles. The third kappa shape index (κ3) is 3.91. The number of carbonyl (C=O) groups is 1. The Morgan fingerprint density at radius 3 is 2.33 bits per heavy atom. The van der Waals surface area contributed by atoms with Crippen LogP contribution in [0.3, 0.4) is 0 Å². The fourth-order valence-electron chi connectivity index (χ4n) is 2.67. The van der Waals surface area contributed by atoms with Crippen LogP contribution in [0, 0.1) is 11.7 Å². The zero-order chi connectivity index (χ0) is 17.3. The average molecular weight is 348 g/mol. The number of hydrogen-bond donors (Lipinski definition) is 2. The molecular weight excluding hydrogens is 331 g/mol. The van der Waals surface area contributed by atoms with Gasteiger partial charge in [-0.2, -0.15) is 0 Å². The second-order valence-electron chi connectivity index (χ2n) is 5.91. The van der Waals surface area contributed by atoms with Gasteiger partial charge in [0.2, 0.25) is 15.9 Å². The SMILES string of the molecule is CS(=O)(=O)Nc1ccc(NC(=O)C2CC2c2ccccc2F)cc1. The Hall–Kier alpha value is -2.41. The minimum Gasteiger partial charge on any atom is -0.326 e. The predicted molar refractivity (Wildman–Crippen MR) is 90.8 cm³/mol. The van der Waals surface area contributed by atoms with Gasteiger partial charge in [0.15, 0.2) is 0 Å². The molecule has 0 bridgehead atoms. The third-order valence-corrected chi connectivity index (χ3v) is 4.49. The number of nitrogens with one attached hydrogen (secondary N) is 2. The van der Waals surface area contributed by atoms with E-state index in [9.17, 15) is 17.6 Å². The zero-order valence-electron chi connectivity index (χ0n) is 13.0. The first kappa shape index (κ1) is 16.4. The molecule has 2 N–H and O–H groups in total. The number of anilines is 2. The van der Waals surface area contributed by atoms with Gasteiger partial charge >= 0.3 is 0 Å². The minimum absolute atomic E-state index is 0.0858. The lowest BCUT2D eigenvalue weighted by molar-refractivity contribution is -0.117. The summed E-state index contributed by atoms with van der Waals surface area (Å²) in [6.07, 6.45) is 1.69. The molecule has 1 saturated carbocycles. The molecule has 0 saturated heterocycles. The number of halogens is 1. The van der Waals surface area contributed by atoms with Crippen molar-refractivity contribution in [3.63, 3.8) is 0 Å². The molecule has 1 aliphatic carbocycles. The molecule has 2 atom stereocenters. The maximum Gasteiger partial charge on any atom is 0.229 e. The van der Waals surface area contributed by atoms with Crippen LogP contribution in [0.2, 0.25) is 0 Å². The summed E-state index contributed by atoms with van der Waals surface area (Å²) in [5.41, 5.74) is 1.56. The highest BCUT2D eigenvalue weighted by Gasteiger charge is 2.45. The molecule has 24 heavy (non-hydrogen) atoms. The maximum atomic E-state index is 13.7. The van der Waals surface area contributed by atoms with Gasteiger partial charge < -0.3 is 5.32 Å². The molecule has 0 heterocycles. The molecule has 7 heteroatoms. The van der Waals surface area contributed by atoms with E-state index >= 15 is 0 Å². The Kier molecular flexibility index (Phi) is 4.28. The molecule has 0 spiro atoms. The first-order valence-corrected chi connectivity index (χ1v) is 9.36. The molecule has 1 aliphatic rings. The average Bonchev–Trinajstić information content (AvgIpc) is 3.29. The summed E-state index contributed by atoms with van der Waals surface area (Å²) in [4.78, 5) is 12.2. The van der Waals surface area contributed by atoms with E-state index in [1.807, 2.05) is 0 Å². The van der Waals surface area contributed by atoms with Gasteiger partial charge in [-0.3, -0.25) is 9.52 Å². The van der Waals surface area contributed by atoms with E-state index in [1.54, 1.807) is 42.5 Å². The van der Waals surface area contributed by atoms with Gasteiger partial charge in [-0.1, -0.05) is 18.2 Å². The largest absolute Gasteiger partial charge is 0.326 e. The number of benzene rings is 2. The number of sulfonamides is 1. The summed E-state index contributed by atoms with van der Waals surface area (Å²) in [6.45, 7) is 0. The van der Waals surface area contributed by atoms with E-state index in [0.717, 1.165) is 6.26 Å². The summed E-state index contributed by atoms with van der Waals surface area (Å²) in [5, 5.41) is 2.77. The van der Waals surface area contributed by atoms with Crippen LogP contribution in [0.1, 0.15) is 17.9 Å². The number of amides is 1. The van der Waals surface area contributed by atoms with E-state index in [1.165, 1.54) is 6.07 Å². The van der Waals surface area contributed by atoms with E-state index in [-0.39, 0.29) is 23.6 Å². The zero-order valence-corrected chi connectivity index (χ0v) is 13.8. The molecular formula is C17H17FN2O3S. The highest BCUT2D eigenvalue weighted by atomic mass is 32.2. The van der Waals surface area contributed by atoms with Crippen molar-refractivity contribution >= 4 is 27.3 Å². The molecule has 1 amide bonds. The molecule has 3 rings (SSSR count). The van der Waals surface area contributed by atoms with Gasteiger partial charge in [-0.25, -0.2) is 12.8 Å². The highest BCUT2D eigenvalue weighted by Crippen LogP contribution is 2.48. The maximum absolute atomic E-state index is 13.7. The van der Waals surface area contributed by atoms with Gasteiger partial charge in [0.25, 0.3) is 0 Å². The monoisotopic (exact) mass is 348 g/mol. The summed E-state index contributed by atoms with van der Waals surface area (Å²) in [6, 6.07) is 12.9. The lowest BCUT2D eigenvalue weighted by Crippen LogP contribution is -2.15. The Morgan fingerprint density at radius 1 is 1.08 bits per heavy atom. The van der Waals surface area contributed by atoms with Crippen LogP contribution < -0.4 is 10.0 Å². The van der Waals surface area contributed by atoms with E-state index < -0.39 is 10.0 Å². The van der Waals surface area contributed by atoms with Crippen LogP contribution in [-0.2, 0) is 14.8 Å². The second-order valence-corrected chi connectivity index (χ2v) is 7.66. The standard InChI is InChI=1S/C17H17FN2O3S/c1-24(22,23)20-12-8-6-11(7-9-12)19-17(21)15-10-14(15)13-4-2-3-5-16(13)18/h2-9,14-15,20H,10H2,1H3,(H,19,21). The van der Waals surface area contributed by atoms with E-state index in [4.69, 9.17) is 0 Å². The molecule has 2 unspecified atom stereocenters. The number of carbonyl (C=O) groups excluding carboxylic acids is 1. The Labute approximate surface area is 139 Å². The Morgan fingerprint density at radius 2 is 1.71 bits per heavy atom. The lowest BCUT2D eigenvalue weighted by Gasteiger charge is -2.08. The Bertz CT molecular complexity index is 866. The van der Waals surface area contributed by atoms with Crippen molar-refractivity contribution < 1.29 is 17.6 Å². The Balaban J connectivity index is 1.61. The lowest BCUT2D eigenvalue weighted by atomic mass is 10.1. The van der Waals surface area contributed by atoms with Crippen molar-refractivity contribution in [3.05, 3.63) is 59.9 Å². The van der Waals surface area contributed by atoms with Crippen LogP contribution in [0.5, 0.6) is 0 Å². The van der Waals surface area contributed by atoms with E-state index in [2.05, 4.69) is 10.0 Å². The fourth-order valence-corrected chi connectivity index (χ4v) is 3.24. The summed E-state index contributed by atoms with van der Waals surface area (Å²) >= 11 is 0. The van der Waals surface area contributed by atoms with Gasteiger partial charge in [-0.05, 0) is 48.2 Å². The predicted octanol–water partition coefficient (Wildman–Crippen LogP) is 2.94. The van der Waals surface area contributed by atoms with Gasteiger partial charge in [0, 0.05) is 17.3 Å². The van der Waals surface area contributed by atoms with Crippen molar-refractivity contribution in [1.29, 1.82) is 0 Å². The third-order valence-electron chi connectivity index (χ3n) is 3.89. The van der Waals surface area contributed by atoms with Crippen molar-refractivity contribution in [2.75, 3.05) is 16.3 Å². The smallest absolute Gasteiger partial charge is 0.229 e. The summed E-state index contributed by atoms with van der Waals surface area (Å²) in [7, 11) is -3.33. The first-order valence-electron chi connectivity index (χ1n) is 7.46. The van der Waals surface area contributed by atoms with Crippen molar-refractivity contribution in [2.45, 2.75) is 12.3 Å². The molecule has 2 aromatic rings. The fraction of sp³-hybridized carbons (Fsp3) is 0.235. The minimum atomic E-state index is -3.33. The van der Waals surface area contributed by atoms with Gasteiger partial charge in [0.1, 0.15) is 5.82 Å². The first-order chi connectivity index (χ1) is 11.3. The van der Waals surface area contributed by atoms with Crippen LogP contribution in [0.15, 0.2) is 48.5 Å². The number of hydrogen-bond acceptors (Lipinski definition) is 3. The van der Waals surface area contributed by atoms with Crippen LogP contribution >= 0.6 is 0 Å². The quantitative estimate of drug-likeness (QED) is 0.872. The molecule has 0 radical (unpaired) electrons. The van der Waals surface area contributed by atoms with Crippen molar-refractivity contribution in [1.82, 2.24) is 0 Å². The van der Waals surface area contributed by atoms with Crippen molar-refractivity contribution in [2.24, 2.45) is 5.92 Å². The van der Waals surface area contributed by atoms with Crippen LogP contribution in [0.25, 0.3) is 0 Å². The van der Waals surface area contributed by atoms with Crippen molar-refractivity contribution in [3.8, 4) is 0 Å². The van der Waals surface area contributed by atoms with Crippen LogP contribution in [0.4, 0.5) is 15.8 Å². The summed E-state index contributed by atoms with van der Waals surface area (Å²) in [5.74, 6) is -0.769. The van der Waals surface area contributed by atoms with Crippen LogP contribution in [-0.4, -0.2) is 20.6 Å².